The summed E-state index contributed by atoms with van der Waals surface area (Å²) in [5.41, 5.74) is 1.14. The maximum absolute atomic E-state index is 12.2. The van der Waals surface area contributed by atoms with E-state index in [0.29, 0.717) is 24.3 Å². The third-order valence-electron chi connectivity index (χ3n) is 3.22. The second kappa shape index (κ2) is 5.98. The van der Waals surface area contributed by atoms with E-state index in [1.807, 2.05) is 18.3 Å². The van der Waals surface area contributed by atoms with E-state index >= 15 is 0 Å². The molecule has 1 heterocycles. The highest BCUT2D eigenvalue weighted by Crippen LogP contribution is 2.28. The molecule has 1 saturated carbocycles. The summed E-state index contributed by atoms with van der Waals surface area (Å²) in [4.78, 5) is 18.4. The third kappa shape index (κ3) is 3.83. The molecule has 0 atom stereocenters. The molecular formula is C15H22N2O. The number of carbonyl (C=O) groups is 1. The van der Waals surface area contributed by atoms with Gasteiger partial charge in [0.1, 0.15) is 0 Å². The van der Waals surface area contributed by atoms with Crippen LogP contribution in [0.4, 0.5) is 0 Å². The van der Waals surface area contributed by atoms with Gasteiger partial charge in [0.25, 0.3) is 0 Å². The maximum Gasteiger partial charge on any atom is 0.223 e. The lowest BCUT2D eigenvalue weighted by atomic mass is 10.1. The molecule has 0 bridgehead atoms. The summed E-state index contributed by atoms with van der Waals surface area (Å²) < 4.78 is 0. The Morgan fingerprint density at radius 2 is 2.28 bits per heavy atom. The molecule has 18 heavy (non-hydrogen) atoms. The van der Waals surface area contributed by atoms with Crippen molar-refractivity contribution < 1.29 is 4.79 Å². The molecular weight excluding hydrogens is 224 g/mol. The molecule has 0 saturated heterocycles. The van der Waals surface area contributed by atoms with E-state index in [1.165, 1.54) is 12.8 Å². The van der Waals surface area contributed by atoms with E-state index < -0.39 is 0 Å². The minimum Gasteiger partial charge on any atom is -0.339 e. The van der Waals surface area contributed by atoms with Gasteiger partial charge in [0.2, 0.25) is 5.91 Å². The molecule has 0 aliphatic heterocycles. The van der Waals surface area contributed by atoms with Gasteiger partial charge in [0.15, 0.2) is 0 Å². The highest BCUT2D eigenvalue weighted by atomic mass is 16.2. The Balaban J connectivity index is 1.85. The predicted octanol–water partition coefficient (Wildman–Crippen LogP) is 2.66. The zero-order chi connectivity index (χ0) is 13.0. The number of rotatable bonds is 6. The monoisotopic (exact) mass is 246 g/mol. The number of hydrogen-bond donors (Lipinski definition) is 0. The zero-order valence-electron chi connectivity index (χ0n) is 11.3. The number of hydrogen-bond acceptors (Lipinski definition) is 2. The van der Waals surface area contributed by atoms with Gasteiger partial charge in [0, 0.05) is 31.4 Å². The van der Waals surface area contributed by atoms with E-state index in [4.69, 9.17) is 0 Å². The van der Waals surface area contributed by atoms with Gasteiger partial charge < -0.3 is 4.90 Å². The normalized spacial score (nSPS) is 14.8. The molecule has 2 rings (SSSR count). The number of aryl methyl sites for hydroxylation is 1. The summed E-state index contributed by atoms with van der Waals surface area (Å²) >= 11 is 0. The summed E-state index contributed by atoms with van der Waals surface area (Å²) in [6.45, 7) is 5.24. The number of aromatic nitrogens is 1. The third-order valence-corrected chi connectivity index (χ3v) is 3.22. The summed E-state index contributed by atoms with van der Waals surface area (Å²) in [7, 11) is 0. The lowest BCUT2D eigenvalue weighted by Gasteiger charge is -2.24. The van der Waals surface area contributed by atoms with E-state index in [-0.39, 0.29) is 0 Å². The molecule has 0 unspecified atom stereocenters. The molecule has 98 valence electrons. The minimum atomic E-state index is 0.301. The van der Waals surface area contributed by atoms with Gasteiger partial charge in [-0.1, -0.05) is 19.9 Å². The van der Waals surface area contributed by atoms with Crippen molar-refractivity contribution in [2.45, 2.75) is 45.6 Å². The number of carbonyl (C=O) groups excluding carboxylic acids is 1. The first kappa shape index (κ1) is 13.1. The van der Waals surface area contributed by atoms with Crippen LogP contribution >= 0.6 is 0 Å². The van der Waals surface area contributed by atoms with Crippen molar-refractivity contribution in [3.05, 3.63) is 30.1 Å². The second-order valence-corrected chi connectivity index (χ2v) is 5.53. The Morgan fingerprint density at radius 3 is 2.83 bits per heavy atom. The van der Waals surface area contributed by atoms with Gasteiger partial charge in [-0.25, -0.2) is 0 Å². The second-order valence-electron chi connectivity index (χ2n) is 5.53. The van der Waals surface area contributed by atoms with Crippen molar-refractivity contribution in [1.29, 1.82) is 0 Å². The smallest absolute Gasteiger partial charge is 0.223 e. The van der Waals surface area contributed by atoms with Gasteiger partial charge in [0.05, 0.1) is 0 Å². The van der Waals surface area contributed by atoms with E-state index in [1.54, 1.807) is 6.20 Å². The van der Waals surface area contributed by atoms with Crippen LogP contribution in [0.25, 0.3) is 0 Å². The summed E-state index contributed by atoms with van der Waals surface area (Å²) in [5, 5.41) is 0. The van der Waals surface area contributed by atoms with E-state index in [0.717, 1.165) is 18.5 Å². The van der Waals surface area contributed by atoms with Crippen LogP contribution in [0.3, 0.4) is 0 Å². The zero-order valence-corrected chi connectivity index (χ0v) is 11.3. The average Bonchev–Trinajstić information content (AvgIpc) is 3.18. The Hall–Kier alpha value is -1.38. The Labute approximate surface area is 109 Å². The maximum atomic E-state index is 12.2. The fraction of sp³-hybridized carbons (Fsp3) is 0.600. The van der Waals surface area contributed by atoms with Crippen molar-refractivity contribution in [2.24, 2.45) is 5.92 Å². The summed E-state index contributed by atoms with van der Waals surface area (Å²) in [6.07, 6.45) is 7.39. The van der Waals surface area contributed by atoms with Gasteiger partial charge in [-0.05, 0) is 36.8 Å². The van der Waals surface area contributed by atoms with Crippen LogP contribution in [-0.2, 0) is 11.2 Å². The molecule has 1 aromatic rings. The van der Waals surface area contributed by atoms with Crippen molar-refractivity contribution in [1.82, 2.24) is 9.88 Å². The largest absolute Gasteiger partial charge is 0.339 e. The predicted molar refractivity (Wildman–Crippen MR) is 72.1 cm³/mol. The highest BCUT2D eigenvalue weighted by Gasteiger charge is 2.32. The average molecular weight is 246 g/mol. The van der Waals surface area contributed by atoms with E-state index in [2.05, 4.69) is 23.7 Å². The molecule has 1 aliphatic rings. The molecule has 3 heteroatoms. The molecule has 1 amide bonds. The molecule has 0 radical (unpaired) electrons. The minimum absolute atomic E-state index is 0.301. The molecule has 1 aliphatic carbocycles. The van der Waals surface area contributed by atoms with E-state index in [9.17, 15) is 4.79 Å². The number of nitrogens with zero attached hydrogens (tertiary/aromatic N) is 2. The summed E-state index contributed by atoms with van der Waals surface area (Å²) in [5.74, 6) is 0.850. The first-order valence-electron chi connectivity index (χ1n) is 6.85. The Kier molecular flexibility index (Phi) is 4.34. The van der Waals surface area contributed by atoms with Gasteiger partial charge in [-0.2, -0.15) is 0 Å². The molecule has 0 N–H and O–H groups in total. The molecule has 0 aromatic carbocycles. The molecule has 1 fully saturated rings. The van der Waals surface area contributed by atoms with Crippen molar-refractivity contribution >= 4 is 5.91 Å². The van der Waals surface area contributed by atoms with Gasteiger partial charge in [-0.3, -0.25) is 9.78 Å². The Bertz CT molecular complexity index is 385. The number of amides is 1. The van der Waals surface area contributed by atoms with Crippen LogP contribution in [0.2, 0.25) is 0 Å². The fourth-order valence-electron chi connectivity index (χ4n) is 2.18. The van der Waals surface area contributed by atoms with Crippen LogP contribution in [-0.4, -0.2) is 28.4 Å². The quantitative estimate of drug-likeness (QED) is 0.773. The van der Waals surface area contributed by atoms with Crippen LogP contribution in [0.1, 0.15) is 38.7 Å². The SMILES string of the molecule is CC(C)CN(C(=O)CCc1cccnc1)C1CC1. The van der Waals surface area contributed by atoms with Crippen LogP contribution < -0.4 is 0 Å². The van der Waals surface area contributed by atoms with Crippen molar-refractivity contribution in [2.75, 3.05) is 6.54 Å². The first-order chi connectivity index (χ1) is 8.66. The lowest BCUT2D eigenvalue weighted by molar-refractivity contribution is -0.132. The van der Waals surface area contributed by atoms with Crippen molar-refractivity contribution in [3.8, 4) is 0 Å². The molecule has 3 nitrogen and oxygen atoms in total. The van der Waals surface area contributed by atoms with Crippen LogP contribution in [0.15, 0.2) is 24.5 Å². The summed E-state index contributed by atoms with van der Waals surface area (Å²) in [6, 6.07) is 4.48. The van der Waals surface area contributed by atoms with Crippen LogP contribution in [0.5, 0.6) is 0 Å². The first-order valence-corrected chi connectivity index (χ1v) is 6.85. The number of pyridine rings is 1. The Morgan fingerprint density at radius 1 is 1.50 bits per heavy atom. The lowest BCUT2D eigenvalue weighted by Crippen LogP contribution is -2.36. The highest BCUT2D eigenvalue weighted by molar-refractivity contribution is 5.77. The fourth-order valence-corrected chi connectivity index (χ4v) is 2.18. The standard InChI is InChI=1S/C15H22N2O/c1-12(2)11-17(14-6-7-14)15(18)8-5-13-4-3-9-16-10-13/h3-4,9-10,12,14H,5-8,11H2,1-2H3. The van der Waals surface area contributed by atoms with Gasteiger partial charge in [-0.15, -0.1) is 0 Å². The molecule has 1 aromatic heterocycles. The topological polar surface area (TPSA) is 33.2 Å². The van der Waals surface area contributed by atoms with Gasteiger partial charge >= 0.3 is 0 Å². The van der Waals surface area contributed by atoms with Crippen LogP contribution in [0, 0.1) is 5.92 Å². The molecule has 0 spiro atoms. The van der Waals surface area contributed by atoms with Crippen molar-refractivity contribution in [3.63, 3.8) is 0 Å².